The van der Waals surface area contributed by atoms with Gasteiger partial charge in [0.1, 0.15) is 29.0 Å². The first-order chi connectivity index (χ1) is 15.7. The second-order valence-electron chi connectivity index (χ2n) is 7.38. The molecule has 3 aromatic rings. The molecule has 8 heteroatoms. The van der Waals surface area contributed by atoms with E-state index in [4.69, 9.17) is 9.47 Å². The Morgan fingerprint density at radius 1 is 1.00 bits per heavy atom. The van der Waals surface area contributed by atoms with E-state index in [9.17, 15) is 4.79 Å². The summed E-state index contributed by atoms with van der Waals surface area (Å²) in [7, 11) is 0. The summed E-state index contributed by atoms with van der Waals surface area (Å²) in [4.78, 5) is 23.6. The maximum Gasteiger partial charge on any atom is 0.251 e. The molecule has 2 aromatic carbocycles. The van der Waals surface area contributed by atoms with Crippen LogP contribution < -0.4 is 20.3 Å². The highest BCUT2D eigenvalue weighted by Gasteiger charge is 2.14. The number of carbonyl (C=O) groups is 1. The molecule has 1 aliphatic rings. The van der Waals surface area contributed by atoms with Gasteiger partial charge in [0.25, 0.3) is 5.91 Å². The average Bonchev–Trinajstić information content (AvgIpc) is 2.83. The van der Waals surface area contributed by atoms with E-state index >= 15 is 0 Å². The number of hydrogen-bond acceptors (Lipinski definition) is 7. The lowest BCUT2D eigenvalue weighted by Gasteiger charge is -2.28. The highest BCUT2D eigenvalue weighted by atomic mass is 16.5. The summed E-state index contributed by atoms with van der Waals surface area (Å²) in [6, 6.07) is 18.6. The van der Waals surface area contributed by atoms with Crippen LogP contribution in [0.5, 0.6) is 11.5 Å². The molecule has 0 radical (unpaired) electrons. The fourth-order valence-corrected chi connectivity index (χ4v) is 3.36. The number of aromatic nitrogens is 2. The third kappa shape index (κ3) is 5.95. The molecule has 1 aliphatic heterocycles. The van der Waals surface area contributed by atoms with Gasteiger partial charge < -0.3 is 25.0 Å². The average molecular weight is 434 g/mol. The lowest BCUT2D eigenvalue weighted by Crippen LogP contribution is -2.37. The molecule has 1 saturated heterocycles. The summed E-state index contributed by atoms with van der Waals surface area (Å²) in [5.41, 5.74) is 0.581. The zero-order valence-electron chi connectivity index (χ0n) is 18.1. The summed E-state index contributed by atoms with van der Waals surface area (Å²) in [6.07, 6.45) is 0. The van der Waals surface area contributed by atoms with Crippen LogP contribution in [0.1, 0.15) is 16.2 Å². The van der Waals surface area contributed by atoms with E-state index in [0.29, 0.717) is 43.4 Å². The lowest BCUT2D eigenvalue weighted by molar-refractivity contribution is 0.0955. The molecule has 0 unspecified atom stereocenters. The number of ether oxygens (including phenoxy) is 2. The molecule has 4 rings (SSSR count). The SMILES string of the molecule is Cc1nc(NCCNC(=O)c2ccc(Oc3ccccc3)cc2)cc(N2CCOCC2)n1. The van der Waals surface area contributed by atoms with Gasteiger partial charge in [-0.25, -0.2) is 9.97 Å². The number of anilines is 2. The molecule has 1 fully saturated rings. The van der Waals surface area contributed by atoms with Crippen molar-refractivity contribution in [3.05, 3.63) is 72.1 Å². The predicted octanol–water partition coefficient (Wildman–Crippen LogP) is 3.26. The number of carbonyl (C=O) groups excluding carboxylic acids is 1. The van der Waals surface area contributed by atoms with Crippen molar-refractivity contribution in [2.75, 3.05) is 49.6 Å². The Bertz CT molecular complexity index is 1020. The third-order valence-electron chi connectivity index (χ3n) is 4.97. The second-order valence-corrected chi connectivity index (χ2v) is 7.38. The highest BCUT2D eigenvalue weighted by molar-refractivity contribution is 5.94. The van der Waals surface area contributed by atoms with Gasteiger partial charge in [-0.1, -0.05) is 18.2 Å². The molecule has 166 valence electrons. The fraction of sp³-hybridized carbons (Fsp3) is 0.292. The first-order valence-electron chi connectivity index (χ1n) is 10.7. The number of aryl methyl sites for hydroxylation is 1. The summed E-state index contributed by atoms with van der Waals surface area (Å²) in [5, 5.41) is 6.18. The lowest BCUT2D eigenvalue weighted by atomic mass is 10.2. The van der Waals surface area contributed by atoms with Crippen LogP contribution in [-0.4, -0.2) is 55.3 Å². The van der Waals surface area contributed by atoms with Crippen LogP contribution in [0, 0.1) is 6.92 Å². The molecule has 1 aromatic heterocycles. The molecule has 0 saturated carbocycles. The number of nitrogens with one attached hydrogen (secondary N) is 2. The molecule has 0 spiro atoms. The Balaban J connectivity index is 1.25. The van der Waals surface area contributed by atoms with E-state index in [-0.39, 0.29) is 5.91 Å². The van der Waals surface area contributed by atoms with Crippen molar-refractivity contribution >= 4 is 17.5 Å². The van der Waals surface area contributed by atoms with E-state index in [2.05, 4.69) is 25.5 Å². The van der Waals surface area contributed by atoms with Crippen molar-refractivity contribution in [1.82, 2.24) is 15.3 Å². The Hall–Kier alpha value is -3.65. The summed E-state index contributed by atoms with van der Waals surface area (Å²) < 4.78 is 11.2. The van der Waals surface area contributed by atoms with E-state index in [0.717, 1.165) is 30.5 Å². The topological polar surface area (TPSA) is 88.6 Å². The van der Waals surface area contributed by atoms with E-state index < -0.39 is 0 Å². The number of hydrogen-bond donors (Lipinski definition) is 2. The zero-order chi connectivity index (χ0) is 22.2. The van der Waals surface area contributed by atoms with Gasteiger partial charge in [-0.15, -0.1) is 0 Å². The minimum absolute atomic E-state index is 0.133. The minimum atomic E-state index is -0.133. The molecule has 8 nitrogen and oxygen atoms in total. The van der Waals surface area contributed by atoms with Crippen LogP contribution in [0.25, 0.3) is 0 Å². The monoisotopic (exact) mass is 433 g/mol. The van der Waals surface area contributed by atoms with Crippen molar-refractivity contribution in [2.24, 2.45) is 0 Å². The summed E-state index contributed by atoms with van der Waals surface area (Å²) >= 11 is 0. The number of morpholine rings is 1. The van der Waals surface area contributed by atoms with Gasteiger partial charge in [-0.2, -0.15) is 0 Å². The molecule has 0 atom stereocenters. The molecular weight excluding hydrogens is 406 g/mol. The number of para-hydroxylation sites is 1. The fourth-order valence-electron chi connectivity index (χ4n) is 3.36. The molecule has 2 N–H and O–H groups in total. The van der Waals surface area contributed by atoms with Crippen LogP contribution in [0.3, 0.4) is 0 Å². The van der Waals surface area contributed by atoms with E-state index in [1.165, 1.54) is 0 Å². The van der Waals surface area contributed by atoms with Crippen LogP contribution in [-0.2, 0) is 4.74 Å². The van der Waals surface area contributed by atoms with Crippen LogP contribution in [0.2, 0.25) is 0 Å². The Morgan fingerprint density at radius 2 is 1.72 bits per heavy atom. The van der Waals surface area contributed by atoms with Crippen LogP contribution in [0.15, 0.2) is 60.7 Å². The first-order valence-corrected chi connectivity index (χ1v) is 10.7. The Morgan fingerprint density at radius 3 is 2.47 bits per heavy atom. The largest absolute Gasteiger partial charge is 0.457 e. The van der Waals surface area contributed by atoms with Crippen molar-refractivity contribution in [2.45, 2.75) is 6.92 Å². The van der Waals surface area contributed by atoms with Crippen molar-refractivity contribution in [3.63, 3.8) is 0 Å². The number of nitrogens with zero attached hydrogens (tertiary/aromatic N) is 3. The quantitative estimate of drug-likeness (QED) is 0.527. The minimum Gasteiger partial charge on any atom is -0.457 e. The number of benzene rings is 2. The van der Waals surface area contributed by atoms with Gasteiger partial charge in [-0.05, 0) is 43.3 Å². The van der Waals surface area contributed by atoms with Gasteiger partial charge in [0.05, 0.1) is 13.2 Å². The van der Waals surface area contributed by atoms with Crippen LogP contribution >= 0.6 is 0 Å². The van der Waals surface area contributed by atoms with Crippen molar-refractivity contribution in [1.29, 1.82) is 0 Å². The summed E-state index contributed by atoms with van der Waals surface area (Å²) in [6.45, 7) is 5.95. The van der Waals surface area contributed by atoms with Crippen molar-refractivity contribution in [3.8, 4) is 11.5 Å². The number of rotatable bonds is 8. The van der Waals surface area contributed by atoms with Crippen LogP contribution in [0.4, 0.5) is 11.6 Å². The maximum atomic E-state index is 12.4. The Labute approximate surface area is 187 Å². The standard InChI is InChI=1S/C24H27N5O3/c1-18-27-22(17-23(28-18)29-13-15-31-16-14-29)25-11-12-26-24(30)19-7-9-21(10-8-19)32-20-5-3-2-4-6-20/h2-10,17H,11-16H2,1H3,(H,26,30)(H,25,27,28). The van der Waals surface area contributed by atoms with Crippen molar-refractivity contribution < 1.29 is 14.3 Å². The van der Waals surface area contributed by atoms with E-state index in [1.54, 1.807) is 24.3 Å². The van der Waals surface area contributed by atoms with Gasteiger partial charge in [0, 0.05) is 37.8 Å². The highest BCUT2D eigenvalue weighted by Crippen LogP contribution is 2.21. The van der Waals surface area contributed by atoms with Gasteiger partial charge in [0.2, 0.25) is 0 Å². The van der Waals surface area contributed by atoms with Gasteiger partial charge in [-0.3, -0.25) is 4.79 Å². The number of amides is 1. The molecule has 0 aliphatic carbocycles. The predicted molar refractivity (Wildman–Crippen MR) is 124 cm³/mol. The summed E-state index contributed by atoms with van der Waals surface area (Å²) in [5.74, 6) is 3.65. The molecule has 0 bridgehead atoms. The second kappa shape index (κ2) is 10.6. The van der Waals surface area contributed by atoms with Gasteiger partial charge in [0.15, 0.2) is 0 Å². The zero-order valence-corrected chi connectivity index (χ0v) is 18.1. The third-order valence-corrected chi connectivity index (χ3v) is 4.97. The smallest absolute Gasteiger partial charge is 0.251 e. The molecule has 32 heavy (non-hydrogen) atoms. The van der Waals surface area contributed by atoms with E-state index in [1.807, 2.05) is 43.3 Å². The maximum absolute atomic E-state index is 12.4. The first kappa shape index (κ1) is 21.6. The molecule has 2 heterocycles. The molecule has 1 amide bonds. The normalized spacial score (nSPS) is 13.5. The Kier molecular flexibility index (Phi) is 7.14. The molecular formula is C24H27N5O3. The van der Waals surface area contributed by atoms with Gasteiger partial charge >= 0.3 is 0 Å².